The molecule has 0 spiro atoms. The van der Waals surface area contributed by atoms with Gasteiger partial charge >= 0.3 is 6.61 Å². The van der Waals surface area contributed by atoms with E-state index in [1.165, 1.54) is 12.1 Å². The van der Waals surface area contributed by atoms with Crippen LogP contribution in [0.25, 0.3) is 0 Å². The molecular formula is C15H15F2NO3. The van der Waals surface area contributed by atoms with E-state index in [4.69, 9.17) is 4.74 Å². The summed E-state index contributed by atoms with van der Waals surface area (Å²) in [5.41, 5.74) is 0.857. The first-order valence-corrected chi connectivity index (χ1v) is 6.31. The van der Waals surface area contributed by atoms with Crippen LogP contribution in [0.1, 0.15) is 11.3 Å². The fraction of sp³-hybridized carbons (Fsp3) is 0.267. The Labute approximate surface area is 120 Å². The van der Waals surface area contributed by atoms with E-state index < -0.39 is 6.61 Å². The monoisotopic (exact) mass is 295 g/mol. The van der Waals surface area contributed by atoms with Gasteiger partial charge in [-0.15, -0.1) is 0 Å². The molecule has 0 aliphatic heterocycles. The van der Waals surface area contributed by atoms with E-state index in [9.17, 15) is 13.6 Å². The molecule has 6 heteroatoms. The van der Waals surface area contributed by atoms with Crippen molar-refractivity contribution >= 4 is 0 Å². The maximum Gasteiger partial charge on any atom is 0.387 e. The van der Waals surface area contributed by atoms with Gasteiger partial charge in [0, 0.05) is 24.9 Å². The minimum absolute atomic E-state index is 0.0248. The van der Waals surface area contributed by atoms with Crippen LogP contribution >= 0.6 is 0 Å². The average Bonchev–Trinajstić information content (AvgIpc) is 2.44. The van der Waals surface area contributed by atoms with Crippen LogP contribution in [0, 0.1) is 6.92 Å². The highest BCUT2D eigenvalue weighted by Crippen LogP contribution is 2.22. The van der Waals surface area contributed by atoms with Gasteiger partial charge in [-0.1, -0.05) is 18.2 Å². The average molecular weight is 295 g/mol. The second kappa shape index (κ2) is 6.39. The number of aromatic nitrogens is 1. The van der Waals surface area contributed by atoms with Gasteiger partial charge in [-0.25, -0.2) is 0 Å². The Morgan fingerprint density at radius 3 is 2.67 bits per heavy atom. The van der Waals surface area contributed by atoms with E-state index in [0.717, 1.165) is 0 Å². The van der Waals surface area contributed by atoms with Gasteiger partial charge in [-0.3, -0.25) is 4.79 Å². The summed E-state index contributed by atoms with van der Waals surface area (Å²) in [7, 11) is 1.79. The van der Waals surface area contributed by atoms with Gasteiger partial charge in [0.2, 0.25) is 5.43 Å². The number of hydrogen-bond acceptors (Lipinski definition) is 3. The Bertz CT molecular complexity index is 683. The molecule has 2 rings (SSSR count). The molecule has 1 aromatic heterocycles. The number of hydrogen-bond donors (Lipinski definition) is 0. The highest BCUT2D eigenvalue weighted by molar-refractivity contribution is 5.34. The number of rotatable bonds is 5. The molecule has 0 saturated carbocycles. The van der Waals surface area contributed by atoms with Crippen molar-refractivity contribution in [2.45, 2.75) is 20.1 Å². The van der Waals surface area contributed by atoms with Crippen molar-refractivity contribution in [2.75, 3.05) is 0 Å². The zero-order valence-corrected chi connectivity index (χ0v) is 11.7. The van der Waals surface area contributed by atoms with Crippen LogP contribution in [-0.4, -0.2) is 11.2 Å². The number of para-hydroxylation sites is 1. The Kier molecular flexibility index (Phi) is 4.57. The zero-order valence-electron chi connectivity index (χ0n) is 11.7. The largest absolute Gasteiger partial charge is 0.483 e. The summed E-state index contributed by atoms with van der Waals surface area (Å²) in [6.45, 7) is -1.18. The lowest BCUT2D eigenvalue weighted by Crippen LogP contribution is -2.13. The van der Waals surface area contributed by atoms with Crippen LogP contribution in [0.2, 0.25) is 0 Å². The van der Waals surface area contributed by atoms with E-state index in [1.807, 2.05) is 0 Å². The van der Waals surface area contributed by atoms with Crippen molar-refractivity contribution in [1.29, 1.82) is 0 Å². The fourth-order valence-corrected chi connectivity index (χ4v) is 1.86. The molecule has 0 saturated heterocycles. The standard InChI is InChI=1S/C15H15F2NO3/c1-10-14(12(19)7-8-18(10)2)20-9-11-5-3-4-6-13(11)21-15(16)17/h3-8,15H,9H2,1-2H3. The van der Waals surface area contributed by atoms with Gasteiger partial charge in [-0.05, 0) is 13.0 Å². The second-order valence-corrected chi connectivity index (χ2v) is 4.48. The minimum Gasteiger partial charge on any atom is -0.483 e. The van der Waals surface area contributed by atoms with Crippen molar-refractivity contribution in [2.24, 2.45) is 7.05 Å². The van der Waals surface area contributed by atoms with Crippen LogP contribution in [0.15, 0.2) is 41.3 Å². The van der Waals surface area contributed by atoms with E-state index in [-0.39, 0.29) is 23.5 Å². The maximum absolute atomic E-state index is 12.3. The number of halogens is 2. The number of ether oxygens (including phenoxy) is 2. The maximum atomic E-state index is 12.3. The van der Waals surface area contributed by atoms with Crippen LogP contribution in [0.4, 0.5) is 8.78 Å². The molecule has 0 fully saturated rings. The molecular weight excluding hydrogens is 280 g/mol. The van der Waals surface area contributed by atoms with Crippen molar-refractivity contribution in [3.05, 3.63) is 58.0 Å². The van der Waals surface area contributed by atoms with Gasteiger partial charge in [-0.2, -0.15) is 8.78 Å². The minimum atomic E-state index is -2.91. The lowest BCUT2D eigenvalue weighted by atomic mass is 10.2. The van der Waals surface area contributed by atoms with E-state index in [1.54, 1.807) is 42.9 Å². The van der Waals surface area contributed by atoms with Crippen LogP contribution in [0.5, 0.6) is 11.5 Å². The zero-order chi connectivity index (χ0) is 15.4. The SMILES string of the molecule is Cc1c(OCc2ccccc2OC(F)F)c(=O)ccn1C. The lowest BCUT2D eigenvalue weighted by Gasteiger charge is -2.13. The van der Waals surface area contributed by atoms with Crippen molar-refractivity contribution < 1.29 is 18.3 Å². The van der Waals surface area contributed by atoms with Gasteiger partial charge in [0.1, 0.15) is 12.4 Å². The molecule has 1 aromatic carbocycles. The molecule has 4 nitrogen and oxygen atoms in total. The van der Waals surface area contributed by atoms with E-state index in [2.05, 4.69) is 4.74 Å². The number of alkyl halides is 2. The quantitative estimate of drug-likeness (QED) is 0.851. The van der Waals surface area contributed by atoms with Crippen LogP contribution in [0.3, 0.4) is 0 Å². The van der Waals surface area contributed by atoms with Gasteiger partial charge in [0.05, 0.1) is 5.69 Å². The smallest absolute Gasteiger partial charge is 0.387 e. The highest BCUT2D eigenvalue weighted by atomic mass is 19.3. The van der Waals surface area contributed by atoms with Gasteiger partial charge in [0.15, 0.2) is 5.75 Å². The van der Waals surface area contributed by atoms with Gasteiger partial charge < -0.3 is 14.0 Å². The topological polar surface area (TPSA) is 40.5 Å². The summed E-state index contributed by atoms with van der Waals surface area (Å²) in [5.74, 6) is 0.241. The molecule has 0 bridgehead atoms. The van der Waals surface area contributed by atoms with Gasteiger partial charge in [0.25, 0.3) is 0 Å². The Morgan fingerprint density at radius 2 is 1.95 bits per heavy atom. The second-order valence-electron chi connectivity index (χ2n) is 4.48. The van der Waals surface area contributed by atoms with E-state index >= 15 is 0 Å². The molecule has 112 valence electrons. The number of pyridine rings is 1. The molecule has 21 heavy (non-hydrogen) atoms. The first-order valence-electron chi connectivity index (χ1n) is 6.31. The number of nitrogens with zero attached hydrogens (tertiary/aromatic N) is 1. The number of aryl methyl sites for hydroxylation is 1. The summed E-state index contributed by atoms with van der Waals surface area (Å²) in [4.78, 5) is 11.8. The molecule has 2 aromatic rings. The molecule has 0 radical (unpaired) electrons. The van der Waals surface area contributed by atoms with Crippen molar-refractivity contribution in [1.82, 2.24) is 4.57 Å². The summed E-state index contributed by atoms with van der Waals surface area (Å²) in [5, 5.41) is 0. The molecule has 0 N–H and O–H groups in total. The molecule has 0 aliphatic rings. The third-order valence-electron chi connectivity index (χ3n) is 3.09. The fourth-order valence-electron chi connectivity index (χ4n) is 1.86. The highest BCUT2D eigenvalue weighted by Gasteiger charge is 2.12. The lowest BCUT2D eigenvalue weighted by molar-refractivity contribution is -0.0508. The third kappa shape index (κ3) is 3.59. The van der Waals surface area contributed by atoms with Crippen molar-refractivity contribution in [3.8, 4) is 11.5 Å². The Morgan fingerprint density at radius 1 is 1.24 bits per heavy atom. The van der Waals surface area contributed by atoms with Crippen LogP contribution < -0.4 is 14.9 Å². The van der Waals surface area contributed by atoms with Crippen molar-refractivity contribution in [3.63, 3.8) is 0 Å². The molecule has 0 unspecified atom stereocenters. The van der Waals surface area contributed by atoms with E-state index in [0.29, 0.717) is 11.3 Å². The summed E-state index contributed by atoms with van der Waals surface area (Å²) >= 11 is 0. The number of benzene rings is 1. The Hall–Kier alpha value is -2.37. The summed E-state index contributed by atoms with van der Waals surface area (Å²) in [6.07, 6.45) is 1.64. The normalized spacial score (nSPS) is 10.7. The predicted molar refractivity (Wildman–Crippen MR) is 73.8 cm³/mol. The first-order chi connectivity index (χ1) is 9.99. The Balaban J connectivity index is 2.21. The summed E-state index contributed by atoms with van der Waals surface area (Å²) in [6, 6.07) is 7.71. The molecule has 0 atom stereocenters. The predicted octanol–water partition coefficient (Wildman–Crippen LogP) is 2.87. The third-order valence-corrected chi connectivity index (χ3v) is 3.09. The summed E-state index contributed by atoms with van der Waals surface area (Å²) < 4.78 is 36.3. The molecule has 1 heterocycles. The molecule has 0 amide bonds. The first kappa shape index (κ1) is 15.0. The molecule has 0 aliphatic carbocycles. The van der Waals surface area contributed by atoms with Crippen LogP contribution in [-0.2, 0) is 13.7 Å².